The minimum atomic E-state index is -4.50. The summed E-state index contributed by atoms with van der Waals surface area (Å²) in [6.45, 7) is 0.997. The first-order chi connectivity index (χ1) is 9.82. The van der Waals surface area contributed by atoms with Crippen LogP contribution in [-0.2, 0) is 6.18 Å². The number of amidine groups is 1. The van der Waals surface area contributed by atoms with E-state index in [1.807, 2.05) is 4.90 Å². The van der Waals surface area contributed by atoms with Gasteiger partial charge in [-0.25, -0.2) is 0 Å². The summed E-state index contributed by atoms with van der Waals surface area (Å²) < 4.78 is 38.3. The number of hydrogen-bond acceptors (Lipinski definition) is 4. The molecule has 116 valence electrons. The van der Waals surface area contributed by atoms with Crippen molar-refractivity contribution in [3.63, 3.8) is 0 Å². The summed E-state index contributed by atoms with van der Waals surface area (Å²) in [6, 6.07) is 3.15. The summed E-state index contributed by atoms with van der Waals surface area (Å²) in [7, 11) is 0. The van der Waals surface area contributed by atoms with E-state index in [2.05, 4.69) is 5.16 Å². The molecule has 0 aromatic heterocycles. The number of aliphatic hydroxyl groups is 1. The SMILES string of the molecule is N/C(=N\O)c1cc(C(F)(F)F)ccc1N1CCC(O)CC1. The maximum atomic E-state index is 12.8. The highest BCUT2D eigenvalue weighted by molar-refractivity contribution is 6.02. The van der Waals surface area contributed by atoms with Crippen LogP contribution in [0.15, 0.2) is 23.4 Å². The smallest absolute Gasteiger partial charge is 0.409 e. The number of rotatable bonds is 2. The molecule has 8 heteroatoms. The highest BCUT2D eigenvalue weighted by Crippen LogP contribution is 2.33. The quantitative estimate of drug-likeness (QED) is 0.336. The summed E-state index contributed by atoms with van der Waals surface area (Å²) in [6.07, 6.45) is -3.85. The number of aliphatic hydroxyl groups excluding tert-OH is 1. The van der Waals surface area contributed by atoms with Crippen molar-refractivity contribution >= 4 is 11.5 Å². The molecule has 0 aliphatic carbocycles. The van der Waals surface area contributed by atoms with Crippen LogP contribution in [0.5, 0.6) is 0 Å². The summed E-state index contributed by atoms with van der Waals surface area (Å²) in [5.74, 6) is -0.373. The number of oxime groups is 1. The first kappa shape index (κ1) is 15.4. The van der Waals surface area contributed by atoms with Crippen LogP contribution >= 0.6 is 0 Å². The normalized spacial score (nSPS) is 18.1. The number of halogens is 3. The van der Waals surface area contributed by atoms with E-state index < -0.39 is 17.8 Å². The van der Waals surface area contributed by atoms with E-state index in [0.29, 0.717) is 31.6 Å². The number of piperidine rings is 1. The Bertz CT molecular complexity index is 538. The molecule has 1 aromatic carbocycles. The predicted octanol–water partition coefficient (Wildman–Crippen LogP) is 1.76. The van der Waals surface area contributed by atoms with Crippen molar-refractivity contribution < 1.29 is 23.5 Å². The van der Waals surface area contributed by atoms with Crippen LogP contribution < -0.4 is 10.6 Å². The van der Waals surface area contributed by atoms with Crippen molar-refractivity contribution in [1.29, 1.82) is 0 Å². The van der Waals surface area contributed by atoms with Gasteiger partial charge in [0.2, 0.25) is 0 Å². The van der Waals surface area contributed by atoms with Gasteiger partial charge in [0.25, 0.3) is 0 Å². The lowest BCUT2D eigenvalue weighted by Crippen LogP contribution is -2.37. The van der Waals surface area contributed by atoms with Crippen molar-refractivity contribution in [2.45, 2.75) is 25.1 Å². The molecule has 0 saturated carbocycles. The highest BCUT2D eigenvalue weighted by atomic mass is 19.4. The van der Waals surface area contributed by atoms with Crippen LogP contribution in [0.2, 0.25) is 0 Å². The van der Waals surface area contributed by atoms with Crippen LogP contribution in [0, 0.1) is 0 Å². The highest BCUT2D eigenvalue weighted by Gasteiger charge is 2.32. The fraction of sp³-hybridized carbons (Fsp3) is 0.462. The second kappa shape index (κ2) is 5.80. The molecule has 0 atom stereocenters. The number of anilines is 1. The van der Waals surface area contributed by atoms with E-state index >= 15 is 0 Å². The molecule has 0 unspecified atom stereocenters. The third kappa shape index (κ3) is 3.38. The van der Waals surface area contributed by atoms with Crippen molar-refractivity contribution in [3.8, 4) is 0 Å². The fourth-order valence-corrected chi connectivity index (χ4v) is 2.35. The molecule has 0 radical (unpaired) electrons. The van der Waals surface area contributed by atoms with Gasteiger partial charge in [0.05, 0.1) is 11.7 Å². The number of benzene rings is 1. The lowest BCUT2D eigenvalue weighted by atomic mass is 10.0. The minimum Gasteiger partial charge on any atom is -0.409 e. The second-order valence-electron chi connectivity index (χ2n) is 4.93. The van der Waals surface area contributed by atoms with Gasteiger partial charge in [-0.3, -0.25) is 0 Å². The van der Waals surface area contributed by atoms with Gasteiger partial charge in [0.15, 0.2) is 5.84 Å². The van der Waals surface area contributed by atoms with Gasteiger partial charge in [-0.15, -0.1) is 0 Å². The number of nitrogens with zero attached hydrogens (tertiary/aromatic N) is 2. The summed E-state index contributed by atoms with van der Waals surface area (Å²) in [4.78, 5) is 1.82. The standard InChI is InChI=1S/C13H16F3N3O2/c14-13(15,16)8-1-2-11(10(7-8)12(17)18-21)19-5-3-9(20)4-6-19/h1-2,7,9,20-21H,3-6H2,(H2,17,18). The van der Waals surface area contributed by atoms with Gasteiger partial charge in [0.1, 0.15) is 0 Å². The van der Waals surface area contributed by atoms with E-state index in [9.17, 15) is 18.3 Å². The largest absolute Gasteiger partial charge is 0.416 e. The average Bonchev–Trinajstić information content (AvgIpc) is 2.46. The Labute approximate surface area is 119 Å². The van der Waals surface area contributed by atoms with E-state index in [-0.39, 0.29) is 11.4 Å². The Hall–Kier alpha value is -1.96. The van der Waals surface area contributed by atoms with E-state index in [0.717, 1.165) is 12.1 Å². The Kier molecular flexibility index (Phi) is 4.26. The Morgan fingerprint density at radius 3 is 2.43 bits per heavy atom. The molecule has 2 rings (SSSR count). The van der Waals surface area contributed by atoms with Gasteiger partial charge in [0, 0.05) is 24.3 Å². The lowest BCUT2D eigenvalue weighted by molar-refractivity contribution is -0.137. The lowest BCUT2D eigenvalue weighted by Gasteiger charge is -2.33. The molecular formula is C13H16F3N3O2. The molecule has 1 fully saturated rings. The zero-order chi connectivity index (χ0) is 15.6. The molecule has 5 nitrogen and oxygen atoms in total. The average molecular weight is 303 g/mol. The minimum absolute atomic E-state index is 0.0312. The molecule has 1 heterocycles. The van der Waals surface area contributed by atoms with Crippen molar-refractivity contribution in [2.75, 3.05) is 18.0 Å². The zero-order valence-corrected chi connectivity index (χ0v) is 11.1. The van der Waals surface area contributed by atoms with E-state index in [1.54, 1.807) is 0 Å². The molecule has 1 aliphatic rings. The van der Waals surface area contributed by atoms with Gasteiger partial charge in [-0.2, -0.15) is 13.2 Å². The number of hydrogen-bond donors (Lipinski definition) is 3. The predicted molar refractivity (Wildman–Crippen MR) is 71.4 cm³/mol. The van der Waals surface area contributed by atoms with Gasteiger partial charge < -0.3 is 20.9 Å². The third-order valence-corrected chi connectivity index (χ3v) is 3.51. The molecule has 1 saturated heterocycles. The van der Waals surface area contributed by atoms with Crippen LogP contribution in [0.3, 0.4) is 0 Å². The number of nitrogens with two attached hydrogens (primary N) is 1. The van der Waals surface area contributed by atoms with Gasteiger partial charge >= 0.3 is 6.18 Å². The molecule has 0 spiro atoms. The summed E-state index contributed by atoms with van der Waals surface area (Å²) in [5, 5.41) is 21.1. The maximum absolute atomic E-state index is 12.8. The first-order valence-corrected chi connectivity index (χ1v) is 6.45. The molecule has 0 bridgehead atoms. The molecule has 0 amide bonds. The fourth-order valence-electron chi connectivity index (χ4n) is 2.35. The van der Waals surface area contributed by atoms with Gasteiger partial charge in [-0.05, 0) is 31.0 Å². The van der Waals surface area contributed by atoms with Crippen LogP contribution in [0.4, 0.5) is 18.9 Å². The second-order valence-corrected chi connectivity index (χ2v) is 4.93. The maximum Gasteiger partial charge on any atom is 0.416 e. The van der Waals surface area contributed by atoms with Gasteiger partial charge in [-0.1, -0.05) is 5.16 Å². The number of alkyl halides is 3. The molecule has 1 aromatic rings. The van der Waals surface area contributed by atoms with E-state index in [1.165, 1.54) is 6.07 Å². The Morgan fingerprint density at radius 1 is 1.29 bits per heavy atom. The molecule has 21 heavy (non-hydrogen) atoms. The molecular weight excluding hydrogens is 287 g/mol. The van der Waals surface area contributed by atoms with Crippen molar-refractivity contribution in [2.24, 2.45) is 10.9 Å². The van der Waals surface area contributed by atoms with Crippen LogP contribution in [-0.4, -0.2) is 35.3 Å². The Morgan fingerprint density at radius 2 is 1.90 bits per heavy atom. The molecule has 4 N–H and O–H groups in total. The zero-order valence-electron chi connectivity index (χ0n) is 11.1. The first-order valence-electron chi connectivity index (χ1n) is 6.45. The Balaban J connectivity index is 2.41. The van der Waals surface area contributed by atoms with Crippen molar-refractivity contribution in [1.82, 2.24) is 0 Å². The molecule has 1 aliphatic heterocycles. The topological polar surface area (TPSA) is 82.1 Å². The summed E-state index contributed by atoms with van der Waals surface area (Å²) >= 11 is 0. The summed E-state index contributed by atoms with van der Waals surface area (Å²) in [5.41, 5.74) is 5.14. The van der Waals surface area contributed by atoms with E-state index in [4.69, 9.17) is 10.9 Å². The van der Waals surface area contributed by atoms with Crippen LogP contribution in [0.25, 0.3) is 0 Å². The van der Waals surface area contributed by atoms with Crippen molar-refractivity contribution in [3.05, 3.63) is 29.3 Å². The van der Waals surface area contributed by atoms with Crippen LogP contribution in [0.1, 0.15) is 24.0 Å². The monoisotopic (exact) mass is 303 g/mol. The third-order valence-electron chi connectivity index (χ3n) is 3.51.